The zero-order valence-electron chi connectivity index (χ0n) is 18.0. The highest BCUT2D eigenvalue weighted by Gasteiger charge is 2.32. The van der Waals surface area contributed by atoms with E-state index in [9.17, 15) is 14.9 Å². The van der Waals surface area contributed by atoms with Gasteiger partial charge in [-0.05, 0) is 50.7 Å². The highest BCUT2D eigenvalue weighted by molar-refractivity contribution is 8.26. The van der Waals surface area contributed by atoms with Crippen molar-refractivity contribution in [2.75, 3.05) is 24.5 Å². The Morgan fingerprint density at radius 2 is 1.93 bits per heavy atom. The molecule has 160 valence electrons. The van der Waals surface area contributed by atoms with Crippen LogP contribution in [0.1, 0.15) is 56.7 Å². The highest BCUT2D eigenvalue weighted by Crippen LogP contribution is 2.36. The van der Waals surface area contributed by atoms with Crippen molar-refractivity contribution >= 4 is 46.1 Å². The summed E-state index contributed by atoms with van der Waals surface area (Å²) in [6.07, 6.45) is 4.72. The summed E-state index contributed by atoms with van der Waals surface area (Å²) in [5.74, 6) is 1.36. The fourth-order valence-electron chi connectivity index (χ4n) is 4.04. The van der Waals surface area contributed by atoms with Crippen molar-refractivity contribution in [2.45, 2.75) is 53.5 Å². The molecule has 0 spiro atoms. The molecule has 0 radical (unpaired) electrons. The van der Waals surface area contributed by atoms with Crippen LogP contribution in [0.15, 0.2) is 9.70 Å². The fraction of sp³-hybridized carbons (Fsp3) is 0.545. The molecule has 1 aromatic rings. The molecule has 0 atom stereocenters. The standard InChI is InChI=1S/C22H28N4O2S2/c1-5-9-26-19(24-10-7-14(3)8-11-24)16(15(4)17(13-23)20(26)27)12-18-21(28)25(6-2)22(29)30-18/h12,14H,5-11H2,1-4H3/b18-12+. The molecule has 30 heavy (non-hydrogen) atoms. The summed E-state index contributed by atoms with van der Waals surface area (Å²) in [5, 5.41) is 9.69. The molecule has 2 saturated heterocycles. The normalized spacial score (nSPS) is 19.1. The number of rotatable bonds is 5. The minimum atomic E-state index is -0.247. The van der Waals surface area contributed by atoms with Crippen LogP contribution in [0, 0.1) is 24.2 Å². The molecule has 0 N–H and O–H groups in total. The monoisotopic (exact) mass is 444 g/mol. The first kappa shape index (κ1) is 22.6. The van der Waals surface area contributed by atoms with E-state index in [1.807, 2.05) is 19.9 Å². The molecule has 2 aliphatic heterocycles. The summed E-state index contributed by atoms with van der Waals surface area (Å²) in [6.45, 7) is 10.7. The lowest BCUT2D eigenvalue weighted by Gasteiger charge is -2.35. The zero-order chi connectivity index (χ0) is 22.0. The summed E-state index contributed by atoms with van der Waals surface area (Å²) in [7, 11) is 0. The Bertz CT molecular complexity index is 998. The maximum atomic E-state index is 13.1. The molecule has 0 aromatic carbocycles. The van der Waals surface area contributed by atoms with Crippen LogP contribution in [0.2, 0.25) is 0 Å². The van der Waals surface area contributed by atoms with Gasteiger partial charge in [-0.15, -0.1) is 0 Å². The summed E-state index contributed by atoms with van der Waals surface area (Å²) < 4.78 is 2.27. The van der Waals surface area contributed by atoms with Crippen LogP contribution >= 0.6 is 24.0 Å². The van der Waals surface area contributed by atoms with E-state index >= 15 is 0 Å². The zero-order valence-corrected chi connectivity index (χ0v) is 19.7. The van der Waals surface area contributed by atoms with Crippen molar-refractivity contribution in [1.82, 2.24) is 9.47 Å². The van der Waals surface area contributed by atoms with Crippen LogP contribution < -0.4 is 10.5 Å². The molecule has 1 amide bonds. The van der Waals surface area contributed by atoms with E-state index in [4.69, 9.17) is 12.2 Å². The van der Waals surface area contributed by atoms with Crippen LogP contribution in [0.25, 0.3) is 6.08 Å². The van der Waals surface area contributed by atoms with E-state index < -0.39 is 0 Å². The maximum Gasteiger partial charge on any atom is 0.270 e. The number of pyridine rings is 1. The number of amides is 1. The number of thiocarbonyl (C=S) groups is 1. The molecule has 2 fully saturated rings. The highest BCUT2D eigenvalue weighted by atomic mass is 32.2. The lowest BCUT2D eigenvalue weighted by Crippen LogP contribution is -2.39. The molecule has 6 nitrogen and oxygen atoms in total. The lowest BCUT2D eigenvalue weighted by molar-refractivity contribution is -0.121. The second kappa shape index (κ2) is 9.36. The van der Waals surface area contributed by atoms with E-state index in [1.165, 1.54) is 11.8 Å². The molecule has 2 aliphatic rings. The van der Waals surface area contributed by atoms with Gasteiger partial charge in [0.15, 0.2) is 0 Å². The predicted octanol–water partition coefficient (Wildman–Crippen LogP) is 3.90. The number of nitriles is 1. The Kier molecular flexibility index (Phi) is 7.04. The average molecular weight is 445 g/mol. The number of anilines is 1. The topological polar surface area (TPSA) is 69.3 Å². The molecule has 3 heterocycles. The van der Waals surface area contributed by atoms with Crippen LogP contribution in [0.3, 0.4) is 0 Å². The number of hydrogen-bond donors (Lipinski definition) is 0. The second-order valence-corrected chi connectivity index (χ2v) is 9.58. The van der Waals surface area contributed by atoms with Crippen molar-refractivity contribution in [3.8, 4) is 6.07 Å². The van der Waals surface area contributed by atoms with Crippen LogP contribution in [-0.2, 0) is 11.3 Å². The smallest absolute Gasteiger partial charge is 0.270 e. The Morgan fingerprint density at radius 1 is 1.27 bits per heavy atom. The summed E-state index contributed by atoms with van der Waals surface area (Å²) in [6, 6.07) is 2.10. The Hall–Kier alpha value is -2.11. The number of aromatic nitrogens is 1. The number of carbonyl (C=O) groups is 1. The van der Waals surface area contributed by atoms with E-state index in [0.29, 0.717) is 33.8 Å². The Labute approximate surface area is 187 Å². The van der Waals surface area contributed by atoms with Crippen LogP contribution in [-0.4, -0.2) is 39.3 Å². The number of hydrogen-bond acceptors (Lipinski definition) is 6. The first-order valence-corrected chi connectivity index (χ1v) is 11.7. The quantitative estimate of drug-likeness (QED) is 0.507. The van der Waals surface area contributed by atoms with Gasteiger partial charge in [0.05, 0.1) is 4.91 Å². The number of carbonyl (C=O) groups excluding carboxylic acids is 1. The molecule has 8 heteroatoms. The van der Waals surface area contributed by atoms with Crippen molar-refractivity contribution in [3.63, 3.8) is 0 Å². The summed E-state index contributed by atoms with van der Waals surface area (Å²) in [4.78, 5) is 30.3. The number of piperidine rings is 1. The van der Waals surface area contributed by atoms with Gasteiger partial charge in [-0.2, -0.15) is 5.26 Å². The summed E-state index contributed by atoms with van der Waals surface area (Å²) >= 11 is 6.64. The number of thioether (sulfide) groups is 1. The molecular formula is C22H28N4O2S2. The average Bonchev–Trinajstić information content (AvgIpc) is 2.99. The molecule has 0 aliphatic carbocycles. The third kappa shape index (κ3) is 4.06. The van der Waals surface area contributed by atoms with E-state index in [2.05, 4.69) is 17.9 Å². The minimum Gasteiger partial charge on any atom is -0.357 e. The SMILES string of the molecule is CCCn1c(N2CCC(C)CC2)c(/C=C2/SC(=S)N(CC)C2=O)c(C)c(C#N)c1=O. The number of likely N-dealkylation sites (N-methyl/N-ethyl adjacent to an activating group) is 1. The second-order valence-electron chi connectivity index (χ2n) is 7.90. The molecule has 0 bridgehead atoms. The summed E-state index contributed by atoms with van der Waals surface area (Å²) in [5.41, 5.74) is 1.31. The van der Waals surface area contributed by atoms with E-state index in [-0.39, 0.29) is 17.0 Å². The van der Waals surface area contributed by atoms with Crippen molar-refractivity contribution in [2.24, 2.45) is 5.92 Å². The van der Waals surface area contributed by atoms with Gasteiger partial charge in [0.25, 0.3) is 11.5 Å². The van der Waals surface area contributed by atoms with Gasteiger partial charge in [0.1, 0.15) is 21.8 Å². The van der Waals surface area contributed by atoms with E-state index in [0.717, 1.165) is 43.7 Å². The van der Waals surface area contributed by atoms with Gasteiger partial charge in [0, 0.05) is 31.7 Å². The molecule has 0 unspecified atom stereocenters. The lowest BCUT2D eigenvalue weighted by atomic mass is 9.97. The first-order valence-electron chi connectivity index (χ1n) is 10.5. The van der Waals surface area contributed by atoms with Gasteiger partial charge in [-0.25, -0.2) is 0 Å². The minimum absolute atomic E-state index is 0.114. The van der Waals surface area contributed by atoms with Gasteiger partial charge in [0.2, 0.25) is 0 Å². The Balaban J connectivity index is 2.25. The first-order chi connectivity index (χ1) is 14.3. The van der Waals surface area contributed by atoms with Crippen LogP contribution in [0.5, 0.6) is 0 Å². The maximum absolute atomic E-state index is 13.1. The van der Waals surface area contributed by atoms with Gasteiger partial charge in [-0.3, -0.25) is 19.1 Å². The Morgan fingerprint density at radius 3 is 2.47 bits per heavy atom. The van der Waals surface area contributed by atoms with Crippen molar-refractivity contribution < 1.29 is 4.79 Å². The van der Waals surface area contributed by atoms with Gasteiger partial charge >= 0.3 is 0 Å². The molecular weight excluding hydrogens is 416 g/mol. The van der Waals surface area contributed by atoms with Crippen molar-refractivity contribution in [1.29, 1.82) is 5.26 Å². The molecule has 3 rings (SSSR count). The van der Waals surface area contributed by atoms with Crippen molar-refractivity contribution in [3.05, 3.63) is 31.9 Å². The predicted molar refractivity (Wildman–Crippen MR) is 127 cm³/mol. The third-order valence-corrected chi connectivity index (χ3v) is 7.22. The molecule has 1 aromatic heterocycles. The molecule has 0 saturated carbocycles. The van der Waals surface area contributed by atoms with Crippen LogP contribution in [0.4, 0.5) is 5.82 Å². The number of nitrogens with zero attached hydrogens (tertiary/aromatic N) is 4. The van der Waals surface area contributed by atoms with Gasteiger partial charge < -0.3 is 4.90 Å². The fourth-order valence-corrected chi connectivity index (χ4v) is 5.41. The van der Waals surface area contributed by atoms with Gasteiger partial charge in [-0.1, -0.05) is 37.8 Å². The third-order valence-electron chi connectivity index (χ3n) is 5.84. The van der Waals surface area contributed by atoms with E-state index in [1.54, 1.807) is 16.4 Å². The largest absolute Gasteiger partial charge is 0.357 e.